The van der Waals surface area contributed by atoms with Gasteiger partial charge in [-0.25, -0.2) is 0 Å². The number of hydrogen-bond donors (Lipinski definition) is 1. The van der Waals surface area contributed by atoms with E-state index in [0.29, 0.717) is 5.76 Å². The molecule has 3 nitrogen and oxygen atoms in total. The molecule has 2 rings (SSSR count). The first-order valence-electron chi connectivity index (χ1n) is 3.79. The Hall–Kier alpha value is -2.08. The van der Waals surface area contributed by atoms with Crippen LogP contribution in [0.3, 0.4) is 0 Å². The van der Waals surface area contributed by atoms with Gasteiger partial charge in [0.25, 0.3) is 0 Å². The first kappa shape index (κ1) is 7.56. The smallest absolute Gasteiger partial charge is 0.220 e. The lowest BCUT2D eigenvalue weighted by Crippen LogP contribution is -1.92. The van der Waals surface area contributed by atoms with Crippen LogP contribution in [0.15, 0.2) is 30.3 Å². The van der Waals surface area contributed by atoms with Crippen molar-refractivity contribution in [3.8, 4) is 6.07 Å². The maximum atomic E-state index is 8.46. The Morgan fingerprint density at radius 3 is 2.69 bits per heavy atom. The summed E-state index contributed by atoms with van der Waals surface area (Å²) in [5.74, 6) is 0.570. The second-order valence-electron chi connectivity index (χ2n) is 2.61. The lowest BCUT2D eigenvalue weighted by atomic mass is 10.1. The van der Waals surface area contributed by atoms with Crippen LogP contribution in [0.2, 0.25) is 0 Å². The number of ether oxygens (including phenoxy) is 1. The minimum absolute atomic E-state index is 0.108. The molecule has 0 bridgehead atoms. The third kappa shape index (κ3) is 1.09. The van der Waals surface area contributed by atoms with Gasteiger partial charge in [-0.3, -0.25) is 5.41 Å². The SMILES string of the molecule is N#C/C=C1/OC(=N)c2ccccc21. The molecule has 1 aliphatic rings. The van der Waals surface area contributed by atoms with Gasteiger partial charge >= 0.3 is 0 Å². The van der Waals surface area contributed by atoms with Crippen molar-refractivity contribution < 1.29 is 4.74 Å². The van der Waals surface area contributed by atoms with Gasteiger partial charge < -0.3 is 4.74 Å². The van der Waals surface area contributed by atoms with Crippen LogP contribution >= 0.6 is 0 Å². The first-order chi connectivity index (χ1) is 6.33. The van der Waals surface area contributed by atoms with Crippen LogP contribution in [0.4, 0.5) is 0 Å². The summed E-state index contributed by atoms with van der Waals surface area (Å²) in [5, 5.41) is 15.9. The van der Waals surface area contributed by atoms with Gasteiger partial charge in [-0.1, -0.05) is 18.2 Å². The number of rotatable bonds is 0. The lowest BCUT2D eigenvalue weighted by molar-refractivity contribution is 0.521. The molecule has 0 spiro atoms. The van der Waals surface area contributed by atoms with Crippen molar-refractivity contribution in [3.05, 3.63) is 41.5 Å². The third-order valence-corrected chi connectivity index (χ3v) is 1.84. The molecule has 0 saturated heterocycles. The van der Waals surface area contributed by atoms with E-state index in [2.05, 4.69) is 0 Å². The molecular formula is C10H6N2O. The maximum absolute atomic E-state index is 8.46. The predicted molar refractivity (Wildman–Crippen MR) is 47.9 cm³/mol. The minimum atomic E-state index is 0.108. The predicted octanol–water partition coefficient (Wildman–Crippen LogP) is 1.91. The molecule has 1 aromatic carbocycles. The van der Waals surface area contributed by atoms with Crippen molar-refractivity contribution in [2.75, 3.05) is 0 Å². The Labute approximate surface area is 75.4 Å². The molecule has 1 aliphatic heterocycles. The van der Waals surface area contributed by atoms with Crippen molar-refractivity contribution in [1.29, 1.82) is 10.7 Å². The Morgan fingerprint density at radius 1 is 1.31 bits per heavy atom. The molecular weight excluding hydrogens is 164 g/mol. The quantitative estimate of drug-likeness (QED) is 0.604. The minimum Gasteiger partial charge on any atom is -0.438 e. The molecule has 0 saturated carbocycles. The van der Waals surface area contributed by atoms with Crippen LogP contribution in [0.1, 0.15) is 11.1 Å². The standard InChI is InChI=1S/C10H6N2O/c11-6-5-9-7-3-1-2-4-8(7)10(12)13-9/h1-5,12H/b9-5+,12-10?. The average Bonchev–Trinajstić information content (AvgIpc) is 2.46. The molecule has 1 heterocycles. The highest BCUT2D eigenvalue weighted by Crippen LogP contribution is 2.28. The van der Waals surface area contributed by atoms with Crippen molar-refractivity contribution in [2.24, 2.45) is 0 Å². The molecule has 0 aromatic heterocycles. The van der Waals surface area contributed by atoms with Gasteiger partial charge in [0.05, 0.1) is 12.1 Å². The maximum Gasteiger partial charge on any atom is 0.220 e. The molecule has 1 N–H and O–H groups in total. The fraction of sp³-hybridized carbons (Fsp3) is 0. The number of hydrogen-bond acceptors (Lipinski definition) is 3. The molecule has 0 fully saturated rings. The third-order valence-electron chi connectivity index (χ3n) is 1.84. The van der Waals surface area contributed by atoms with Crippen molar-refractivity contribution >= 4 is 11.7 Å². The molecule has 1 aromatic rings. The largest absolute Gasteiger partial charge is 0.438 e. The summed E-state index contributed by atoms with van der Waals surface area (Å²) >= 11 is 0. The molecule has 0 radical (unpaired) electrons. The van der Waals surface area contributed by atoms with E-state index in [1.165, 1.54) is 6.08 Å². The van der Waals surface area contributed by atoms with Crippen LogP contribution < -0.4 is 0 Å². The second kappa shape index (κ2) is 2.76. The first-order valence-corrected chi connectivity index (χ1v) is 3.79. The highest BCUT2D eigenvalue weighted by molar-refractivity contribution is 6.04. The van der Waals surface area contributed by atoms with E-state index in [1.54, 1.807) is 6.07 Å². The molecule has 0 amide bonds. The van der Waals surface area contributed by atoms with E-state index >= 15 is 0 Å². The number of fused-ring (bicyclic) bond motifs is 1. The van der Waals surface area contributed by atoms with E-state index < -0.39 is 0 Å². The Balaban J connectivity index is 2.61. The van der Waals surface area contributed by atoms with Crippen molar-refractivity contribution in [3.63, 3.8) is 0 Å². The number of nitriles is 1. The van der Waals surface area contributed by atoms with E-state index in [1.807, 2.05) is 24.3 Å². The second-order valence-corrected chi connectivity index (χ2v) is 2.61. The summed E-state index contributed by atoms with van der Waals surface area (Å²) in [6, 6.07) is 9.21. The van der Waals surface area contributed by atoms with Crippen LogP contribution in [0.5, 0.6) is 0 Å². The molecule has 0 unspecified atom stereocenters. The summed E-state index contributed by atoms with van der Waals surface area (Å²) < 4.78 is 5.09. The fourth-order valence-corrected chi connectivity index (χ4v) is 1.28. The van der Waals surface area contributed by atoms with Crippen LogP contribution in [-0.4, -0.2) is 5.90 Å². The van der Waals surface area contributed by atoms with E-state index in [-0.39, 0.29) is 5.90 Å². The summed E-state index contributed by atoms with van der Waals surface area (Å²) in [5.41, 5.74) is 1.55. The summed E-state index contributed by atoms with van der Waals surface area (Å²) in [6.07, 6.45) is 1.31. The monoisotopic (exact) mass is 170 g/mol. The van der Waals surface area contributed by atoms with Gasteiger partial charge in [0, 0.05) is 11.1 Å². The summed E-state index contributed by atoms with van der Waals surface area (Å²) in [6.45, 7) is 0. The van der Waals surface area contributed by atoms with Crippen molar-refractivity contribution in [1.82, 2.24) is 0 Å². The zero-order valence-corrected chi connectivity index (χ0v) is 6.74. The number of nitrogens with zero attached hydrogens (tertiary/aromatic N) is 1. The Bertz CT molecular complexity index is 440. The summed E-state index contributed by atoms with van der Waals surface area (Å²) in [7, 11) is 0. The molecule has 0 atom stereocenters. The van der Waals surface area contributed by atoms with E-state index in [9.17, 15) is 0 Å². The highest BCUT2D eigenvalue weighted by Gasteiger charge is 2.22. The van der Waals surface area contributed by atoms with Gasteiger partial charge in [0.1, 0.15) is 5.76 Å². The lowest BCUT2D eigenvalue weighted by Gasteiger charge is -1.93. The van der Waals surface area contributed by atoms with Gasteiger partial charge in [-0.2, -0.15) is 5.26 Å². The Morgan fingerprint density at radius 2 is 2.00 bits per heavy atom. The van der Waals surface area contributed by atoms with Gasteiger partial charge in [0.15, 0.2) is 0 Å². The summed E-state index contributed by atoms with van der Waals surface area (Å²) in [4.78, 5) is 0. The topological polar surface area (TPSA) is 56.9 Å². The molecule has 0 aliphatic carbocycles. The fourth-order valence-electron chi connectivity index (χ4n) is 1.28. The van der Waals surface area contributed by atoms with E-state index in [4.69, 9.17) is 15.4 Å². The number of allylic oxidation sites excluding steroid dienone is 1. The molecule has 3 heteroatoms. The zero-order chi connectivity index (χ0) is 9.26. The van der Waals surface area contributed by atoms with Gasteiger partial charge in [0.2, 0.25) is 5.90 Å². The van der Waals surface area contributed by atoms with Gasteiger partial charge in [-0.15, -0.1) is 0 Å². The van der Waals surface area contributed by atoms with Crippen molar-refractivity contribution in [2.45, 2.75) is 0 Å². The van der Waals surface area contributed by atoms with Crippen LogP contribution in [-0.2, 0) is 4.74 Å². The normalized spacial score (nSPS) is 16.5. The van der Waals surface area contributed by atoms with Gasteiger partial charge in [-0.05, 0) is 6.07 Å². The van der Waals surface area contributed by atoms with E-state index in [0.717, 1.165) is 11.1 Å². The van der Waals surface area contributed by atoms with Crippen LogP contribution in [0.25, 0.3) is 5.76 Å². The van der Waals surface area contributed by atoms with Crippen LogP contribution in [0, 0.1) is 16.7 Å². The molecule has 13 heavy (non-hydrogen) atoms. The number of nitrogens with one attached hydrogen (secondary N) is 1. The Kier molecular flexibility index (Phi) is 1.60. The average molecular weight is 170 g/mol. The highest BCUT2D eigenvalue weighted by atomic mass is 16.5. The molecule has 62 valence electrons. The number of benzene rings is 1. The zero-order valence-electron chi connectivity index (χ0n) is 6.74.